The number of alkyl carbamates (subject to hydrolysis) is 1. The lowest BCUT2D eigenvalue weighted by Gasteiger charge is -2.39. The van der Waals surface area contributed by atoms with Crippen molar-refractivity contribution in [2.75, 3.05) is 32.5 Å². The largest absolute Gasteiger partial charge is 0.445 e. The number of nitrogens with zero attached hydrogens (tertiary/aromatic N) is 2. The number of piperidine rings is 1. The summed E-state index contributed by atoms with van der Waals surface area (Å²) in [4.78, 5) is 30.4. The molecular formula is C39H45N3O3S. The minimum atomic E-state index is -0.551. The van der Waals surface area contributed by atoms with Crippen LogP contribution in [0.3, 0.4) is 0 Å². The predicted octanol–water partition coefficient (Wildman–Crippen LogP) is 7.22. The lowest BCUT2D eigenvalue weighted by Crippen LogP contribution is -2.46. The Morgan fingerprint density at radius 3 is 2.37 bits per heavy atom. The SMILES string of the molecule is C=C/C=C(\C=C)COC(=O)NCC#Cc1cccc(CN(C(=O)c2ccc(C)cc2)C2CCN(Cc3ccccc3)CC2)c1.CS. The van der Waals surface area contributed by atoms with Crippen molar-refractivity contribution in [3.05, 3.63) is 144 Å². The Labute approximate surface area is 280 Å². The van der Waals surface area contributed by atoms with Crippen LogP contribution in [-0.2, 0) is 17.8 Å². The summed E-state index contributed by atoms with van der Waals surface area (Å²) in [6.45, 7) is 12.9. The first-order valence-corrected chi connectivity index (χ1v) is 16.4. The molecule has 0 radical (unpaired) electrons. The molecule has 0 saturated carbocycles. The van der Waals surface area contributed by atoms with Gasteiger partial charge in [-0.25, -0.2) is 4.79 Å². The average molecular weight is 636 g/mol. The van der Waals surface area contributed by atoms with Crippen LogP contribution in [0, 0.1) is 18.8 Å². The highest BCUT2D eigenvalue weighted by atomic mass is 32.1. The first kappa shape index (κ1) is 36.0. The highest BCUT2D eigenvalue weighted by Gasteiger charge is 2.29. The maximum atomic E-state index is 13.9. The Kier molecular flexibility index (Phi) is 15.5. The number of allylic oxidation sites excluding steroid dienone is 2. The van der Waals surface area contributed by atoms with E-state index < -0.39 is 6.09 Å². The van der Waals surface area contributed by atoms with E-state index in [1.54, 1.807) is 24.5 Å². The van der Waals surface area contributed by atoms with Crippen LogP contribution < -0.4 is 5.32 Å². The molecule has 1 aliphatic heterocycles. The van der Waals surface area contributed by atoms with Gasteiger partial charge in [0, 0.05) is 43.3 Å². The van der Waals surface area contributed by atoms with E-state index in [4.69, 9.17) is 4.74 Å². The third kappa shape index (κ3) is 11.8. The van der Waals surface area contributed by atoms with E-state index in [0.29, 0.717) is 12.1 Å². The molecular weight excluding hydrogens is 591 g/mol. The number of thiol groups is 1. The zero-order valence-corrected chi connectivity index (χ0v) is 27.8. The van der Waals surface area contributed by atoms with Crippen LogP contribution in [0.1, 0.15) is 45.5 Å². The molecule has 0 unspecified atom stereocenters. The number of hydrogen-bond acceptors (Lipinski definition) is 5. The Balaban J connectivity index is 0.00000282. The third-order valence-corrected chi connectivity index (χ3v) is 7.60. The van der Waals surface area contributed by atoms with Crippen molar-refractivity contribution in [1.82, 2.24) is 15.1 Å². The summed E-state index contributed by atoms with van der Waals surface area (Å²) in [5.41, 5.74) is 5.74. The molecule has 3 aromatic rings. The Hall–Kier alpha value is -4.51. The van der Waals surface area contributed by atoms with E-state index in [1.165, 1.54) is 5.56 Å². The van der Waals surface area contributed by atoms with Crippen LogP contribution in [0.4, 0.5) is 4.79 Å². The van der Waals surface area contributed by atoms with Crippen molar-refractivity contribution in [2.45, 2.75) is 38.9 Å². The summed E-state index contributed by atoms with van der Waals surface area (Å²) in [5, 5.41) is 2.64. The molecule has 0 aromatic heterocycles. The summed E-state index contributed by atoms with van der Waals surface area (Å²) >= 11 is 3.53. The lowest BCUT2D eigenvalue weighted by atomic mass is 9.99. The van der Waals surface area contributed by atoms with Gasteiger partial charge in [-0.05, 0) is 67.0 Å². The molecule has 7 heteroatoms. The molecule has 46 heavy (non-hydrogen) atoms. The third-order valence-electron chi connectivity index (χ3n) is 7.60. The number of hydrogen-bond donors (Lipinski definition) is 2. The first-order chi connectivity index (χ1) is 22.4. The second-order valence-corrected chi connectivity index (χ2v) is 10.9. The van der Waals surface area contributed by atoms with Crippen LogP contribution in [-0.4, -0.2) is 60.3 Å². The molecule has 1 fully saturated rings. The molecule has 0 atom stereocenters. The van der Waals surface area contributed by atoms with Crippen LogP contribution >= 0.6 is 12.6 Å². The number of amides is 2. The van der Waals surface area contributed by atoms with Crippen molar-refractivity contribution in [3.8, 4) is 11.8 Å². The normalized spacial score (nSPS) is 13.2. The second-order valence-electron chi connectivity index (χ2n) is 10.9. The standard InChI is InChI=1S/C38H41N3O3.CH4S/c1-4-11-31(5-2)29-44-38(43)39-23-10-16-32-14-9-15-34(26-32)28-41(37(42)35-19-17-30(3)18-20-35)36-21-24-40(25-22-36)27-33-12-7-6-8-13-33;1-2/h4-9,11-15,17-20,26,36H,1-2,21-25,27-29H2,3H3,(H,39,43);2H,1H3/b31-11+;. The molecule has 3 aromatic carbocycles. The predicted molar refractivity (Wildman–Crippen MR) is 192 cm³/mol. The second kappa shape index (κ2) is 19.8. The fourth-order valence-corrected chi connectivity index (χ4v) is 5.19. The molecule has 1 N–H and O–H groups in total. The van der Waals surface area contributed by atoms with Gasteiger partial charge in [-0.1, -0.05) is 103 Å². The summed E-state index contributed by atoms with van der Waals surface area (Å²) in [6.07, 6.45) is 7.95. The number of aryl methyl sites for hydroxylation is 1. The molecule has 4 rings (SSSR count). The number of carbonyl (C=O) groups excluding carboxylic acids is 2. The zero-order chi connectivity index (χ0) is 33.1. The van der Waals surface area contributed by atoms with Crippen molar-refractivity contribution in [2.24, 2.45) is 0 Å². The maximum absolute atomic E-state index is 13.9. The average Bonchev–Trinajstić information content (AvgIpc) is 3.09. The Bertz CT molecular complexity index is 1520. The van der Waals surface area contributed by atoms with Crippen LogP contribution in [0.15, 0.2) is 116 Å². The van der Waals surface area contributed by atoms with E-state index >= 15 is 0 Å². The molecule has 6 nitrogen and oxygen atoms in total. The van der Waals surface area contributed by atoms with E-state index in [1.807, 2.05) is 66.4 Å². The Morgan fingerprint density at radius 1 is 1.00 bits per heavy atom. The van der Waals surface area contributed by atoms with Gasteiger partial charge in [0.25, 0.3) is 5.91 Å². The number of likely N-dealkylation sites (tertiary alicyclic amines) is 1. The fraction of sp³-hybridized carbons (Fsp3) is 0.282. The molecule has 240 valence electrons. The quantitative estimate of drug-likeness (QED) is 0.133. The molecule has 0 aliphatic carbocycles. The zero-order valence-electron chi connectivity index (χ0n) is 27.0. The summed E-state index contributed by atoms with van der Waals surface area (Å²) in [7, 11) is 0. The minimum Gasteiger partial charge on any atom is -0.445 e. The number of benzene rings is 3. The lowest BCUT2D eigenvalue weighted by molar-refractivity contribution is 0.0542. The minimum absolute atomic E-state index is 0.0493. The van der Waals surface area contributed by atoms with Gasteiger partial charge in [-0.15, -0.1) is 0 Å². The summed E-state index contributed by atoms with van der Waals surface area (Å²) in [6, 6.07) is 26.4. The van der Waals surface area contributed by atoms with Crippen molar-refractivity contribution < 1.29 is 14.3 Å². The summed E-state index contributed by atoms with van der Waals surface area (Å²) in [5.74, 6) is 6.15. The van der Waals surface area contributed by atoms with Gasteiger partial charge in [0.2, 0.25) is 0 Å². The van der Waals surface area contributed by atoms with Gasteiger partial charge in [-0.3, -0.25) is 9.69 Å². The van der Waals surface area contributed by atoms with Crippen molar-refractivity contribution in [1.29, 1.82) is 0 Å². The van der Waals surface area contributed by atoms with Gasteiger partial charge < -0.3 is 15.0 Å². The van der Waals surface area contributed by atoms with Gasteiger partial charge in [-0.2, -0.15) is 12.6 Å². The molecule has 1 saturated heterocycles. The molecule has 0 spiro atoms. The topological polar surface area (TPSA) is 61.9 Å². The van der Waals surface area contributed by atoms with Gasteiger partial charge in [0.1, 0.15) is 6.61 Å². The van der Waals surface area contributed by atoms with Crippen molar-refractivity contribution >= 4 is 24.6 Å². The van der Waals surface area contributed by atoms with Gasteiger partial charge >= 0.3 is 6.09 Å². The van der Waals surface area contributed by atoms with Gasteiger partial charge in [0.05, 0.1) is 6.54 Å². The first-order valence-electron chi connectivity index (χ1n) is 15.5. The van der Waals surface area contributed by atoms with E-state index in [0.717, 1.165) is 54.7 Å². The van der Waals surface area contributed by atoms with E-state index in [-0.39, 0.29) is 25.1 Å². The number of carbonyl (C=O) groups is 2. The van der Waals surface area contributed by atoms with Crippen molar-refractivity contribution in [3.63, 3.8) is 0 Å². The number of nitrogens with one attached hydrogen (secondary N) is 1. The molecule has 2 amide bonds. The van der Waals surface area contributed by atoms with Crippen LogP contribution in [0.5, 0.6) is 0 Å². The van der Waals surface area contributed by atoms with E-state index in [9.17, 15) is 9.59 Å². The van der Waals surface area contributed by atoms with Crippen LogP contribution in [0.25, 0.3) is 0 Å². The highest BCUT2D eigenvalue weighted by Crippen LogP contribution is 2.23. The molecule has 1 heterocycles. The molecule has 1 aliphatic rings. The maximum Gasteiger partial charge on any atom is 0.408 e. The highest BCUT2D eigenvalue weighted by molar-refractivity contribution is 7.79. The molecule has 0 bridgehead atoms. The van der Waals surface area contributed by atoms with Crippen LogP contribution in [0.2, 0.25) is 0 Å². The number of rotatable bonds is 11. The van der Waals surface area contributed by atoms with Gasteiger partial charge in [0.15, 0.2) is 0 Å². The summed E-state index contributed by atoms with van der Waals surface area (Å²) < 4.78 is 5.18. The van der Waals surface area contributed by atoms with E-state index in [2.05, 4.69) is 72.1 Å². The number of ether oxygens (including phenoxy) is 1. The monoisotopic (exact) mass is 635 g/mol. The Morgan fingerprint density at radius 2 is 1.70 bits per heavy atom. The smallest absolute Gasteiger partial charge is 0.408 e. The fourth-order valence-electron chi connectivity index (χ4n) is 5.19.